The topological polar surface area (TPSA) is 77.2 Å². The van der Waals surface area contributed by atoms with Crippen molar-refractivity contribution in [2.75, 3.05) is 0 Å². The summed E-state index contributed by atoms with van der Waals surface area (Å²) >= 11 is 3.44. The van der Waals surface area contributed by atoms with Gasteiger partial charge in [0.1, 0.15) is 17.3 Å². The van der Waals surface area contributed by atoms with Crippen LogP contribution in [-0.2, 0) is 7.05 Å². The van der Waals surface area contributed by atoms with Crippen LogP contribution in [0, 0.1) is 0 Å². The number of aryl methyl sites for hydroxylation is 1. The molecule has 0 radical (unpaired) electrons. The number of pyridine rings is 1. The summed E-state index contributed by atoms with van der Waals surface area (Å²) in [6, 6.07) is 16.6. The number of carboxylic acid groups (broad SMARTS) is 1. The van der Waals surface area contributed by atoms with Gasteiger partial charge < -0.3 is 14.4 Å². The average Bonchev–Trinajstić information content (AvgIpc) is 2.99. The van der Waals surface area contributed by atoms with Gasteiger partial charge in [0.25, 0.3) is 0 Å². The molecule has 0 aliphatic carbocycles. The average molecular weight is 424 g/mol. The number of imidazole rings is 1. The van der Waals surface area contributed by atoms with Gasteiger partial charge in [-0.1, -0.05) is 28.1 Å². The number of carbonyl (C=O) groups is 1. The molecule has 27 heavy (non-hydrogen) atoms. The molecule has 0 unspecified atom stereocenters. The molecule has 4 rings (SSSR count). The maximum atomic E-state index is 11.0. The Balaban J connectivity index is 1.69. The van der Waals surface area contributed by atoms with Crippen LogP contribution in [0.4, 0.5) is 0 Å². The highest BCUT2D eigenvalue weighted by Gasteiger charge is 2.12. The summed E-state index contributed by atoms with van der Waals surface area (Å²) < 4.78 is 8.83. The lowest BCUT2D eigenvalue weighted by atomic mass is 10.2. The minimum absolute atomic E-state index is 0.0658. The Morgan fingerprint density at radius 3 is 2.56 bits per heavy atom. The van der Waals surface area contributed by atoms with Gasteiger partial charge in [0, 0.05) is 35.4 Å². The number of hydrogen-bond donors (Lipinski definition) is 1. The van der Waals surface area contributed by atoms with Gasteiger partial charge in [-0.3, -0.25) is 0 Å². The van der Waals surface area contributed by atoms with E-state index in [-0.39, 0.29) is 5.69 Å². The zero-order valence-electron chi connectivity index (χ0n) is 14.3. The largest absolute Gasteiger partial charge is 0.477 e. The normalized spacial score (nSPS) is 10.9. The number of carboxylic acids is 1. The third-order valence-corrected chi connectivity index (χ3v) is 4.67. The van der Waals surface area contributed by atoms with E-state index in [1.807, 2.05) is 54.1 Å². The van der Waals surface area contributed by atoms with Gasteiger partial charge >= 0.3 is 5.97 Å². The quantitative estimate of drug-likeness (QED) is 0.505. The van der Waals surface area contributed by atoms with Crippen LogP contribution in [0.25, 0.3) is 22.4 Å². The molecule has 0 fully saturated rings. The Hall–Kier alpha value is -3.19. The minimum Gasteiger partial charge on any atom is -0.477 e. The molecule has 0 aliphatic heterocycles. The SMILES string of the molecule is Cn1c(-c2ccc(Br)cc2)nc2cc(Oc3ccnc(C(=O)O)c3)ccc21. The van der Waals surface area contributed by atoms with Crippen LogP contribution >= 0.6 is 15.9 Å². The van der Waals surface area contributed by atoms with E-state index in [2.05, 4.69) is 20.9 Å². The molecule has 0 aliphatic rings. The van der Waals surface area contributed by atoms with Crippen LogP contribution in [-0.4, -0.2) is 25.6 Å². The summed E-state index contributed by atoms with van der Waals surface area (Å²) in [4.78, 5) is 19.6. The number of ether oxygens (including phenoxy) is 1. The van der Waals surface area contributed by atoms with Crippen molar-refractivity contribution in [3.63, 3.8) is 0 Å². The summed E-state index contributed by atoms with van der Waals surface area (Å²) in [6.45, 7) is 0. The second-order valence-corrected chi connectivity index (χ2v) is 6.85. The number of hydrogen-bond acceptors (Lipinski definition) is 4. The molecule has 134 valence electrons. The van der Waals surface area contributed by atoms with E-state index < -0.39 is 5.97 Å². The van der Waals surface area contributed by atoms with Crippen molar-refractivity contribution < 1.29 is 14.6 Å². The fourth-order valence-corrected chi connectivity index (χ4v) is 3.09. The molecule has 0 bridgehead atoms. The molecule has 0 spiro atoms. The summed E-state index contributed by atoms with van der Waals surface area (Å²) in [6.07, 6.45) is 1.41. The van der Waals surface area contributed by atoms with Crippen LogP contribution in [0.1, 0.15) is 10.5 Å². The lowest BCUT2D eigenvalue weighted by molar-refractivity contribution is 0.0690. The first-order chi connectivity index (χ1) is 13.0. The number of benzene rings is 2. The van der Waals surface area contributed by atoms with Crippen molar-refractivity contribution in [1.82, 2.24) is 14.5 Å². The number of aromatic carboxylic acids is 1. The van der Waals surface area contributed by atoms with Crippen LogP contribution < -0.4 is 4.74 Å². The first-order valence-corrected chi connectivity index (χ1v) is 8.90. The second-order valence-electron chi connectivity index (χ2n) is 5.94. The first kappa shape index (κ1) is 17.2. The lowest BCUT2D eigenvalue weighted by Crippen LogP contribution is -1.99. The van der Waals surface area contributed by atoms with E-state index in [0.717, 1.165) is 26.9 Å². The molecule has 0 saturated heterocycles. The maximum absolute atomic E-state index is 11.0. The van der Waals surface area contributed by atoms with Crippen LogP contribution in [0.5, 0.6) is 11.5 Å². The molecule has 6 nitrogen and oxygen atoms in total. The van der Waals surface area contributed by atoms with Crippen molar-refractivity contribution in [3.05, 3.63) is 71.0 Å². The Labute approximate surface area is 163 Å². The summed E-state index contributed by atoms with van der Waals surface area (Å²) in [5.41, 5.74) is 2.71. The summed E-state index contributed by atoms with van der Waals surface area (Å²) in [5.74, 6) is 0.739. The monoisotopic (exact) mass is 423 g/mol. The van der Waals surface area contributed by atoms with Crippen molar-refractivity contribution in [3.8, 4) is 22.9 Å². The van der Waals surface area contributed by atoms with Gasteiger partial charge in [-0.25, -0.2) is 14.8 Å². The van der Waals surface area contributed by atoms with E-state index in [4.69, 9.17) is 14.8 Å². The third-order valence-electron chi connectivity index (χ3n) is 4.14. The molecule has 7 heteroatoms. The predicted octanol–water partition coefficient (Wildman–Crippen LogP) is 4.89. The van der Waals surface area contributed by atoms with Gasteiger partial charge in [-0.15, -0.1) is 0 Å². The Morgan fingerprint density at radius 1 is 1.07 bits per heavy atom. The molecule has 0 amide bonds. The number of nitrogens with zero attached hydrogens (tertiary/aromatic N) is 3. The molecular formula is C20H14BrN3O3. The van der Waals surface area contributed by atoms with Gasteiger partial charge in [-0.2, -0.15) is 0 Å². The number of fused-ring (bicyclic) bond motifs is 1. The molecule has 1 N–H and O–H groups in total. The smallest absolute Gasteiger partial charge is 0.354 e. The molecular weight excluding hydrogens is 410 g/mol. The molecule has 2 heterocycles. The van der Waals surface area contributed by atoms with Gasteiger partial charge in [-0.05, 0) is 30.3 Å². The Morgan fingerprint density at radius 2 is 1.81 bits per heavy atom. The predicted molar refractivity (Wildman–Crippen MR) is 105 cm³/mol. The van der Waals surface area contributed by atoms with Crippen LogP contribution in [0.3, 0.4) is 0 Å². The first-order valence-electron chi connectivity index (χ1n) is 8.11. The zero-order valence-corrected chi connectivity index (χ0v) is 15.8. The summed E-state index contributed by atoms with van der Waals surface area (Å²) in [5, 5.41) is 9.04. The third kappa shape index (κ3) is 3.41. The van der Waals surface area contributed by atoms with Gasteiger partial charge in [0.05, 0.1) is 11.0 Å². The van der Waals surface area contributed by atoms with Crippen molar-refractivity contribution in [2.45, 2.75) is 0 Å². The van der Waals surface area contributed by atoms with E-state index in [0.29, 0.717) is 11.5 Å². The van der Waals surface area contributed by atoms with Crippen molar-refractivity contribution >= 4 is 32.9 Å². The molecule has 0 atom stereocenters. The van der Waals surface area contributed by atoms with Gasteiger partial charge in [0.2, 0.25) is 0 Å². The fourth-order valence-electron chi connectivity index (χ4n) is 2.83. The second kappa shape index (κ2) is 6.85. The number of halogens is 1. The van der Waals surface area contributed by atoms with Crippen LogP contribution in [0.2, 0.25) is 0 Å². The minimum atomic E-state index is -1.10. The summed E-state index contributed by atoms with van der Waals surface area (Å²) in [7, 11) is 1.97. The fraction of sp³-hybridized carbons (Fsp3) is 0.0500. The Kier molecular flexibility index (Phi) is 4.37. The molecule has 4 aromatic rings. The molecule has 2 aromatic carbocycles. The van der Waals surface area contributed by atoms with E-state index in [1.165, 1.54) is 12.3 Å². The lowest BCUT2D eigenvalue weighted by Gasteiger charge is -2.06. The number of rotatable bonds is 4. The maximum Gasteiger partial charge on any atom is 0.354 e. The molecule has 2 aromatic heterocycles. The van der Waals surface area contributed by atoms with Crippen LogP contribution in [0.15, 0.2) is 65.3 Å². The Bertz CT molecular complexity index is 1150. The van der Waals surface area contributed by atoms with Gasteiger partial charge in [0.15, 0.2) is 5.69 Å². The standard InChI is InChI=1S/C20H14BrN3O3/c1-24-18-7-6-14(27-15-8-9-22-17(11-15)20(25)26)10-16(18)23-19(24)12-2-4-13(21)5-3-12/h2-11H,1H3,(H,25,26). The van der Waals surface area contributed by atoms with Crippen molar-refractivity contribution in [2.24, 2.45) is 7.05 Å². The highest BCUT2D eigenvalue weighted by atomic mass is 79.9. The zero-order chi connectivity index (χ0) is 19.0. The van der Waals surface area contributed by atoms with E-state index in [1.54, 1.807) is 6.07 Å². The van der Waals surface area contributed by atoms with E-state index in [9.17, 15) is 4.79 Å². The highest BCUT2D eigenvalue weighted by molar-refractivity contribution is 9.10. The molecule has 0 saturated carbocycles. The highest BCUT2D eigenvalue weighted by Crippen LogP contribution is 2.29. The van der Waals surface area contributed by atoms with E-state index >= 15 is 0 Å². The number of aromatic nitrogens is 3. The van der Waals surface area contributed by atoms with Crippen molar-refractivity contribution in [1.29, 1.82) is 0 Å².